The summed E-state index contributed by atoms with van der Waals surface area (Å²) in [5.74, 6) is 0. The molecule has 0 aromatic carbocycles. The van der Waals surface area contributed by atoms with E-state index in [2.05, 4.69) is 39.2 Å². The lowest BCUT2D eigenvalue weighted by atomic mass is 10.1. The number of rotatable bonds is 5. The summed E-state index contributed by atoms with van der Waals surface area (Å²) in [6.45, 7) is 12.3. The molecule has 1 N–H and O–H groups in total. The molecule has 1 heterocycles. The first-order valence-electron chi connectivity index (χ1n) is 6.61. The van der Waals surface area contributed by atoms with Gasteiger partial charge in [0.15, 0.2) is 8.32 Å². The fourth-order valence-corrected chi connectivity index (χ4v) is 3.32. The van der Waals surface area contributed by atoms with E-state index in [0.29, 0.717) is 18.6 Å². The van der Waals surface area contributed by atoms with Crippen LogP contribution in [0.1, 0.15) is 40.0 Å². The standard InChI is InChI=1S/C13H27NO2Si/c1-13(2,3)17(4,5)16-12-9-11(14-10-12)7-6-8-15/h8,11-12,14H,6-7,9-10H2,1-5H3. The Hall–Kier alpha value is -0.193. The van der Waals surface area contributed by atoms with Crippen LogP contribution < -0.4 is 5.32 Å². The van der Waals surface area contributed by atoms with Crippen molar-refractivity contribution < 1.29 is 9.22 Å². The maximum Gasteiger partial charge on any atom is 0.192 e. The average Bonchev–Trinajstić information content (AvgIpc) is 2.60. The van der Waals surface area contributed by atoms with Crippen LogP contribution in [0.25, 0.3) is 0 Å². The first-order chi connectivity index (χ1) is 7.76. The highest BCUT2D eigenvalue weighted by molar-refractivity contribution is 6.74. The molecule has 0 aromatic heterocycles. The molecule has 2 unspecified atom stereocenters. The molecule has 17 heavy (non-hydrogen) atoms. The van der Waals surface area contributed by atoms with Crippen LogP contribution >= 0.6 is 0 Å². The van der Waals surface area contributed by atoms with Crippen LogP contribution in [0.15, 0.2) is 0 Å². The largest absolute Gasteiger partial charge is 0.413 e. The van der Waals surface area contributed by atoms with Gasteiger partial charge in [-0.1, -0.05) is 20.8 Å². The van der Waals surface area contributed by atoms with Gasteiger partial charge in [0.1, 0.15) is 6.29 Å². The van der Waals surface area contributed by atoms with Crippen molar-refractivity contribution >= 4 is 14.6 Å². The zero-order chi connectivity index (χ0) is 13.1. The summed E-state index contributed by atoms with van der Waals surface area (Å²) >= 11 is 0. The van der Waals surface area contributed by atoms with Gasteiger partial charge >= 0.3 is 0 Å². The van der Waals surface area contributed by atoms with Crippen LogP contribution in [-0.2, 0) is 9.22 Å². The predicted molar refractivity (Wildman–Crippen MR) is 73.8 cm³/mol. The average molecular weight is 257 g/mol. The molecular formula is C13H27NO2Si. The predicted octanol–water partition coefficient (Wildman–Crippen LogP) is 2.72. The Labute approximate surface area is 106 Å². The molecule has 0 radical (unpaired) electrons. The smallest absolute Gasteiger partial charge is 0.192 e. The second kappa shape index (κ2) is 5.63. The van der Waals surface area contributed by atoms with Gasteiger partial charge < -0.3 is 14.5 Å². The van der Waals surface area contributed by atoms with Gasteiger partial charge in [-0.25, -0.2) is 0 Å². The number of hydrogen-bond donors (Lipinski definition) is 1. The summed E-state index contributed by atoms with van der Waals surface area (Å²) in [6, 6.07) is 0.468. The summed E-state index contributed by atoms with van der Waals surface area (Å²) in [7, 11) is -1.64. The Bertz CT molecular complexity index is 261. The van der Waals surface area contributed by atoms with E-state index in [0.717, 1.165) is 25.7 Å². The van der Waals surface area contributed by atoms with Crippen molar-refractivity contribution in [3.63, 3.8) is 0 Å². The quantitative estimate of drug-likeness (QED) is 0.608. The highest BCUT2D eigenvalue weighted by atomic mass is 28.4. The molecule has 1 aliphatic rings. The third kappa shape index (κ3) is 4.19. The zero-order valence-electron chi connectivity index (χ0n) is 11.9. The van der Waals surface area contributed by atoms with Crippen LogP contribution in [0.5, 0.6) is 0 Å². The van der Waals surface area contributed by atoms with Crippen molar-refractivity contribution in [2.45, 2.75) is 70.3 Å². The minimum atomic E-state index is -1.64. The number of aldehydes is 1. The Kier molecular flexibility index (Phi) is 4.92. The van der Waals surface area contributed by atoms with E-state index in [-0.39, 0.29) is 5.04 Å². The molecule has 0 bridgehead atoms. The molecule has 0 aliphatic carbocycles. The molecule has 100 valence electrons. The molecule has 0 aromatic rings. The van der Waals surface area contributed by atoms with Gasteiger partial charge in [-0.2, -0.15) is 0 Å². The van der Waals surface area contributed by atoms with E-state index >= 15 is 0 Å². The third-order valence-electron chi connectivity index (χ3n) is 4.08. The van der Waals surface area contributed by atoms with Crippen molar-refractivity contribution in [1.82, 2.24) is 5.32 Å². The van der Waals surface area contributed by atoms with Crippen molar-refractivity contribution in [2.24, 2.45) is 0 Å². The van der Waals surface area contributed by atoms with Gasteiger partial charge in [0, 0.05) is 19.0 Å². The highest BCUT2D eigenvalue weighted by Gasteiger charge is 2.40. The SMILES string of the molecule is CC(C)(C)[Si](C)(C)OC1CNC(CCC=O)C1. The van der Waals surface area contributed by atoms with Crippen LogP contribution in [0.3, 0.4) is 0 Å². The first-order valence-corrected chi connectivity index (χ1v) is 9.52. The van der Waals surface area contributed by atoms with Crippen LogP contribution in [-0.4, -0.2) is 33.3 Å². The van der Waals surface area contributed by atoms with Gasteiger partial charge in [0.2, 0.25) is 0 Å². The molecule has 1 aliphatic heterocycles. The van der Waals surface area contributed by atoms with Crippen LogP contribution in [0, 0.1) is 0 Å². The van der Waals surface area contributed by atoms with E-state index in [1.165, 1.54) is 0 Å². The van der Waals surface area contributed by atoms with E-state index in [9.17, 15) is 4.79 Å². The maximum absolute atomic E-state index is 10.4. The fraction of sp³-hybridized carbons (Fsp3) is 0.923. The van der Waals surface area contributed by atoms with Crippen molar-refractivity contribution in [2.75, 3.05) is 6.54 Å². The van der Waals surface area contributed by atoms with Gasteiger partial charge in [-0.15, -0.1) is 0 Å². The van der Waals surface area contributed by atoms with Gasteiger partial charge in [-0.05, 0) is 31.0 Å². The van der Waals surface area contributed by atoms with E-state index in [4.69, 9.17) is 4.43 Å². The summed E-state index contributed by atoms with van der Waals surface area (Å²) in [5.41, 5.74) is 0. The van der Waals surface area contributed by atoms with E-state index < -0.39 is 8.32 Å². The Morgan fingerprint density at radius 2 is 2.06 bits per heavy atom. The van der Waals surface area contributed by atoms with Crippen molar-refractivity contribution in [3.05, 3.63) is 0 Å². The van der Waals surface area contributed by atoms with Gasteiger partial charge in [0.25, 0.3) is 0 Å². The Morgan fingerprint density at radius 3 is 2.59 bits per heavy atom. The monoisotopic (exact) mass is 257 g/mol. The lowest BCUT2D eigenvalue weighted by Crippen LogP contribution is -2.44. The minimum absolute atomic E-state index is 0.272. The third-order valence-corrected chi connectivity index (χ3v) is 8.62. The minimum Gasteiger partial charge on any atom is -0.413 e. The number of carbonyl (C=O) groups is 1. The highest BCUT2D eigenvalue weighted by Crippen LogP contribution is 2.38. The fourth-order valence-electron chi connectivity index (χ4n) is 1.95. The summed E-state index contributed by atoms with van der Waals surface area (Å²) in [4.78, 5) is 10.4. The second-order valence-corrected chi connectivity index (χ2v) is 11.3. The first kappa shape index (κ1) is 14.9. The molecule has 0 saturated carbocycles. The number of nitrogens with one attached hydrogen (secondary N) is 1. The second-order valence-electron chi connectivity index (χ2n) is 6.59. The lowest BCUT2D eigenvalue weighted by molar-refractivity contribution is -0.108. The van der Waals surface area contributed by atoms with Crippen molar-refractivity contribution in [1.29, 1.82) is 0 Å². The molecule has 1 rings (SSSR count). The Balaban J connectivity index is 2.42. The number of carbonyl (C=O) groups excluding carboxylic acids is 1. The van der Waals surface area contributed by atoms with E-state index in [1.807, 2.05) is 0 Å². The Morgan fingerprint density at radius 1 is 1.41 bits per heavy atom. The van der Waals surface area contributed by atoms with Crippen LogP contribution in [0.2, 0.25) is 18.1 Å². The van der Waals surface area contributed by atoms with Gasteiger partial charge in [-0.3, -0.25) is 0 Å². The molecule has 4 heteroatoms. The van der Waals surface area contributed by atoms with Gasteiger partial charge in [0.05, 0.1) is 6.10 Å². The molecule has 2 atom stereocenters. The lowest BCUT2D eigenvalue weighted by Gasteiger charge is -2.38. The topological polar surface area (TPSA) is 38.3 Å². The summed E-state index contributed by atoms with van der Waals surface area (Å²) < 4.78 is 6.36. The summed E-state index contributed by atoms with van der Waals surface area (Å²) in [5, 5.41) is 3.73. The normalized spacial score (nSPS) is 26.2. The summed E-state index contributed by atoms with van der Waals surface area (Å²) in [6.07, 6.45) is 4.00. The molecular weight excluding hydrogens is 230 g/mol. The van der Waals surface area contributed by atoms with Crippen molar-refractivity contribution in [3.8, 4) is 0 Å². The molecule has 3 nitrogen and oxygen atoms in total. The number of hydrogen-bond acceptors (Lipinski definition) is 3. The van der Waals surface area contributed by atoms with Crippen LogP contribution in [0.4, 0.5) is 0 Å². The maximum atomic E-state index is 10.4. The molecule has 0 spiro atoms. The molecule has 1 fully saturated rings. The molecule has 0 amide bonds. The van der Waals surface area contributed by atoms with E-state index in [1.54, 1.807) is 0 Å². The zero-order valence-corrected chi connectivity index (χ0v) is 12.9. The molecule has 1 saturated heterocycles.